The number of nitrogens with two attached hydrogens (primary N) is 1. The number of aromatic nitrogens is 1. The van der Waals surface area contributed by atoms with Crippen molar-refractivity contribution in [3.63, 3.8) is 0 Å². The van der Waals surface area contributed by atoms with Crippen molar-refractivity contribution in [2.45, 2.75) is 18.8 Å². The lowest BCUT2D eigenvalue weighted by molar-refractivity contribution is 0.100. The Hall–Kier alpha value is -2.70. The van der Waals surface area contributed by atoms with Crippen LogP contribution in [0.5, 0.6) is 11.5 Å². The highest BCUT2D eigenvalue weighted by molar-refractivity contribution is 7.14. The quantitative estimate of drug-likeness (QED) is 0.697. The van der Waals surface area contributed by atoms with E-state index in [-0.39, 0.29) is 0 Å². The van der Waals surface area contributed by atoms with Crippen LogP contribution in [0.3, 0.4) is 0 Å². The van der Waals surface area contributed by atoms with Gasteiger partial charge >= 0.3 is 0 Å². The van der Waals surface area contributed by atoms with Gasteiger partial charge in [0.15, 0.2) is 0 Å². The van der Waals surface area contributed by atoms with Crippen LogP contribution in [0, 0.1) is 0 Å². The first-order chi connectivity index (χ1) is 13.2. The second kappa shape index (κ2) is 7.90. The van der Waals surface area contributed by atoms with Crippen molar-refractivity contribution in [3.8, 4) is 22.8 Å². The molecular formula is C21H21N3O2S. The molecule has 5 nitrogen and oxygen atoms in total. The van der Waals surface area contributed by atoms with Crippen LogP contribution in [-0.2, 0) is 0 Å². The van der Waals surface area contributed by atoms with E-state index >= 15 is 0 Å². The molecule has 27 heavy (non-hydrogen) atoms. The molecule has 1 saturated heterocycles. The van der Waals surface area contributed by atoms with Crippen LogP contribution < -0.4 is 15.8 Å². The Morgan fingerprint density at radius 3 is 2.52 bits per heavy atom. The van der Waals surface area contributed by atoms with Gasteiger partial charge in [0.1, 0.15) is 16.4 Å². The van der Waals surface area contributed by atoms with Crippen molar-refractivity contribution in [1.29, 1.82) is 0 Å². The molecule has 0 spiro atoms. The van der Waals surface area contributed by atoms with Crippen LogP contribution in [0.15, 0.2) is 54.6 Å². The van der Waals surface area contributed by atoms with Crippen molar-refractivity contribution in [3.05, 3.63) is 64.5 Å². The molecule has 2 heterocycles. The summed E-state index contributed by atoms with van der Waals surface area (Å²) in [6.07, 6.45) is 2.21. The molecule has 1 fully saturated rings. The van der Waals surface area contributed by atoms with Crippen molar-refractivity contribution in [2.75, 3.05) is 13.1 Å². The fraction of sp³-hybridized carbons (Fsp3) is 0.238. The Balaban J connectivity index is 1.60. The maximum Gasteiger partial charge on any atom is 0.261 e. The lowest BCUT2D eigenvalue weighted by Gasteiger charge is -2.20. The number of benzene rings is 2. The molecule has 3 aromatic rings. The second-order valence-corrected chi connectivity index (χ2v) is 7.61. The molecule has 2 aromatic carbocycles. The second-order valence-electron chi connectivity index (χ2n) is 6.58. The molecule has 0 radical (unpaired) electrons. The number of hydrogen-bond donors (Lipinski definition) is 2. The Labute approximate surface area is 162 Å². The number of para-hydroxylation sites is 1. The summed E-state index contributed by atoms with van der Waals surface area (Å²) in [5.74, 6) is 1.43. The summed E-state index contributed by atoms with van der Waals surface area (Å²) in [4.78, 5) is 17.2. The van der Waals surface area contributed by atoms with E-state index < -0.39 is 5.91 Å². The molecule has 138 valence electrons. The summed E-state index contributed by atoms with van der Waals surface area (Å²) in [7, 11) is 0. The van der Waals surface area contributed by atoms with Gasteiger partial charge in [-0.15, -0.1) is 11.3 Å². The SMILES string of the molecule is NC(=O)c1sc([C@@H]2CCCNC2)nc1-c1ccc(Oc2ccccc2)cc1. The number of primary amides is 1. The number of piperidine rings is 1. The summed E-state index contributed by atoms with van der Waals surface area (Å²) in [5.41, 5.74) is 7.15. The average molecular weight is 379 g/mol. The monoisotopic (exact) mass is 379 g/mol. The summed E-state index contributed by atoms with van der Waals surface area (Å²) < 4.78 is 5.83. The Morgan fingerprint density at radius 1 is 1.11 bits per heavy atom. The number of nitrogens with zero attached hydrogens (tertiary/aromatic N) is 1. The van der Waals surface area contributed by atoms with Gasteiger partial charge in [-0.05, 0) is 55.8 Å². The van der Waals surface area contributed by atoms with Crippen molar-refractivity contribution < 1.29 is 9.53 Å². The third-order valence-electron chi connectivity index (χ3n) is 4.62. The van der Waals surface area contributed by atoms with Crippen molar-refractivity contribution in [2.24, 2.45) is 5.73 Å². The third kappa shape index (κ3) is 4.02. The van der Waals surface area contributed by atoms with Crippen molar-refractivity contribution >= 4 is 17.2 Å². The minimum absolute atomic E-state index is 0.344. The number of nitrogens with one attached hydrogen (secondary N) is 1. The molecule has 3 N–H and O–H groups in total. The van der Waals surface area contributed by atoms with E-state index in [0.717, 1.165) is 48.0 Å². The maximum absolute atomic E-state index is 12.0. The Kier molecular flexibility index (Phi) is 5.18. The number of carbonyl (C=O) groups excluding carboxylic acids is 1. The van der Waals surface area contributed by atoms with Gasteiger partial charge < -0.3 is 15.8 Å². The lowest BCUT2D eigenvalue weighted by atomic mass is 10.0. The van der Waals surface area contributed by atoms with E-state index in [1.54, 1.807) is 0 Å². The lowest BCUT2D eigenvalue weighted by Crippen LogP contribution is -2.28. The van der Waals surface area contributed by atoms with Crippen LogP contribution in [0.25, 0.3) is 11.3 Å². The van der Waals surface area contributed by atoms with Gasteiger partial charge in [-0.25, -0.2) is 4.98 Å². The molecular weight excluding hydrogens is 358 g/mol. The standard InChI is InChI=1S/C21H21N3O2S/c22-20(25)19-18(24-21(27-19)15-5-4-12-23-13-15)14-8-10-17(11-9-14)26-16-6-2-1-3-7-16/h1-3,6-11,15,23H,4-5,12-13H2,(H2,22,25)/t15-/m1/s1. The first-order valence-electron chi connectivity index (χ1n) is 9.05. The number of amides is 1. The molecule has 1 aromatic heterocycles. The van der Waals surface area contributed by atoms with E-state index in [9.17, 15) is 4.79 Å². The Morgan fingerprint density at radius 2 is 1.85 bits per heavy atom. The molecule has 0 bridgehead atoms. The number of carbonyl (C=O) groups is 1. The van der Waals surface area contributed by atoms with E-state index in [1.165, 1.54) is 11.3 Å². The zero-order valence-electron chi connectivity index (χ0n) is 14.9. The largest absolute Gasteiger partial charge is 0.457 e. The normalized spacial score (nSPS) is 16.8. The highest BCUT2D eigenvalue weighted by Gasteiger charge is 2.24. The van der Waals surface area contributed by atoms with Crippen LogP contribution in [0.1, 0.15) is 33.4 Å². The summed E-state index contributed by atoms with van der Waals surface area (Å²) in [6, 6.07) is 17.2. The predicted octanol–water partition coefficient (Wildman–Crippen LogP) is 4.17. The highest BCUT2D eigenvalue weighted by Crippen LogP contribution is 2.35. The van der Waals surface area contributed by atoms with Gasteiger partial charge in [-0.3, -0.25) is 4.79 Å². The fourth-order valence-corrected chi connectivity index (χ4v) is 4.32. The first-order valence-corrected chi connectivity index (χ1v) is 9.87. The topological polar surface area (TPSA) is 77.2 Å². The van der Waals surface area contributed by atoms with Gasteiger partial charge in [0.05, 0.1) is 10.7 Å². The van der Waals surface area contributed by atoms with Crippen LogP contribution in [-0.4, -0.2) is 24.0 Å². The van der Waals surface area contributed by atoms with Gasteiger partial charge in [0, 0.05) is 18.0 Å². The number of hydrogen-bond acceptors (Lipinski definition) is 5. The molecule has 0 unspecified atom stereocenters. The van der Waals surface area contributed by atoms with Gasteiger partial charge in [-0.1, -0.05) is 18.2 Å². The fourth-order valence-electron chi connectivity index (χ4n) is 3.24. The average Bonchev–Trinajstić information content (AvgIpc) is 3.16. The molecule has 1 aliphatic rings. The van der Waals surface area contributed by atoms with Crippen LogP contribution in [0.4, 0.5) is 0 Å². The molecule has 4 rings (SSSR count). The predicted molar refractivity (Wildman–Crippen MR) is 107 cm³/mol. The third-order valence-corrected chi connectivity index (χ3v) is 5.85. The summed E-state index contributed by atoms with van der Waals surface area (Å²) >= 11 is 1.42. The zero-order valence-corrected chi connectivity index (χ0v) is 15.7. The van der Waals surface area contributed by atoms with Gasteiger partial charge in [0.2, 0.25) is 0 Å². The molecule has 0 aliphatic carbocycles. The van der Waals surface area contributed by atoms with Gasteiger partial charge in [-0.2, -0.15) is 0 Å². The first kappa shape index (κ1) is 17.7. The van der Waals surface area contributed by atoms with E-state index in [2.05, 4.69) is 5.32 Å². The molecule has 1 atom stereocenters. The minimum Gasteiger partial charge on any atom is -0.457 e. The van der Waals surface area contributed by atoms with Crippen LogP contribution in [0.2, 0.25) is 0 Å². The highest BCUT2D eigenvalue weighted by atomic mass is 32.1. The number of ether oxygens (including phenoxy) is 1. The van der Waals surface area contributed by atoms with Crippen molar-refractivity contribution in [1.82, 2.24) is 10.3 Å². The summed E-state index contributed by atoms with van der Waals surface area (Å²) in [5, 5.41) is 4.38. The number of thiazole rings is 1. The maximum atomic E-state index is 12.0. The Bertz CT molecular complexity index is 916. The minimum atomic E-state index is -0.429. The molecule has 1 aliphatic heterocycles. The zero-order chi connectivity index (χ0) is 18.6. The molecule has 0 saturated carbocycles. The number of rotatable bonds is 5. The molecule has 6 heteroatoms. The van der Waals surface area contributed by atoms with E-state index in [4.69, 9.17) is 15.5 Å². The molecule has 1 amide bonds. The van der Waals surface area contributed by atoms with Gasteiger partial charge in [0.25, 0.3) is 5.91 Å². The smallest absolute Gasteiger partial charge is 0.261 e. The van der Waals surface area contributed by atoms with E-state index in [0.29, 0.717) is 16.5 Å². The summed E-state index contributed by atoms with van der Waals surface area (Å²) in [6.45, 7) is 1.94. The van der Waals surface area contributed by atoms with Crippen LogP contribution >= 0.6 is 11.3 Å². The van der Waals surface area contributed by atoms with E-state index in [1.807, 2.05) is 54.6 Å².